The Balaban J connectivity index is 1.97. The Morgan fingerprint density at radius 2 is 2.00 bits per heavy atom. The van der Waals surface area contributed by atoms with Gasteiger partial charge in [-0.15, -0.1) is 0 Å². The van der Waals surface area contributed by atoms with E-state index in [-0.39, 0.29) is 5.69 Å². The minimum atomic E-state index is -1.09. The molecule has 0 atom stereocenters. The van der Waals surface area contributed by atoms with Gasteiger partial charge < -0.3 is 9.84 Å². The molecule has 1 N–H and O–H groups in total. The van der Waals surface area contributed by atoms with Crippen molar-refractivity contribution in [3.05, 3.63) is 54.1 Å². The minimum absolute atomic E-state index is 0.0628. The Morgan fingerprint density at radius 3 is 2.72 bits per heavy atom. The Hall–Kier alpha value is -2.43. The average Bonchev–Trinajstić information content (AvgIpc) is 2.40. The molecule has 2 heterocycles. The summed E-state index contributed by atoms with van der Waals surface area (Å²) < 4.78 is 5.44. The molecular weight excluding hydrogens is 232 g/mol. The number of aromatic carboxylic acids is 1. The van der Waals surface area contributed by atoms with Crippen molar-refractivity contribution in [1.82, 2.24) is 9.97 Å². The summed E-state index contributed by atoms with van der Waals surface area (Å²) >= 11 is 0. The van der Waals surface area contributed by atoms with Gasteiger partial charge in [0.15, 0.2) is 11.4 Å². The van der Waals surface area contributed by atoms with E-state index >= 15 is 0 Å². The van der Waals surface area contributed by atoms with Gasteiger partial charge in [0.25, 0.3) is 0 Å². The zero-order chi connectivity index (χ0) is 12.8. The highest BCUT2D eigenvalue weighted by atomic mass is 16.5. The molecule has 92 valence electrons. The van der Waals surface area contributed by atoms with Crippen LogP contribution in [0.15, 0.2) is 42.9 Å². The lowest BCUT2D eigenvalue weighted by Gasteiger charge is -2.07. The molecule has 5 nitrogen and oxygen atoms in total. The maximum Gasteiger partial charge on any atom is 0.358 e. The van der Waals surface area contributed by atoms with E-state index in [0.29, 0.717) is 18.8 Å². The van der Waals surface area contributed by atoms with Crippen molar-refractivity contribution in [2.24, 2.45) is 0 Å². The van der Waals surface area contributed by atoms with Crippen molar-refractivity contribution in [1.29, 1.82) is 0 Å². The van der Waals surface area contributed by atoms with Crippen LogP contribution < -0.4 is 4.74 Å². The normalized spacial score (nSPS) is 10.0. The molecule has 0 amide bonds. The molecule has 0 saturated heterocycles. The van der Waals surface area contributed by atoms with Gasteiger partial charge in [-0.3, -0.25) is 4.98 Å². The molecule has 0 aliphatic heterocycles. The molecule has 2 aromatic heterocycles. The van der Waals surface area contributed by atoms with E-state index in [1.54, 1.807) is 24.5 Å². The molecular formula is C13H12N2O3. The van der Waals surface area contributed by atoms with Crippen LogP contribution in [0.1, 0.15) is 16.1 Å². The Kier molecular flexibility index (Phi) is 3.86. The average molecular weight is 244 g/mol. The van der Waals surface area contributed by atoms with Crippen LogP contribution in [-0.4, -0.2) is 27.7 Å². The maximum absolute atomic E-state index is 10.9. The highest BCUT2D eigenvalue weighted by Gasteiger charge is 2.11. The SMILES string of the molecule is O=C(O)c1ncccc1OCCc1ccncc1. The fourth-order valence-electron chi connectivity index (χ4n) is 1.50. The zero-order valence-corrected chi connectivity index (χ0v) is 9.61. The van der Waals surface area contributed by atoms with E-state index in [0.717, 1.165) is 5.56 Å². The quantitative estimate of drug-likeness (QED) is 0.868. The second kappa shape index (κ2) is 5.77. The van der Waals surface area contributed by atoms with Crippen molar-refractivity contribution < 1.29 is 14.6 Å². The van der Waals surface area contributed by atoms with Crippen LogP contribution in [0, 0.1) is 0 Å². The first kappa shape index (κ1) is 12.0. The standard InChI is InChI=1S/C13H12N2O3/c16-13(17)12-11(2-1-6-15-12)18-9-5-10-3-7-14-8-4-10/h1-4,6-8H,5,9H2,(H,16,17). The highest BCUT2D eigenvalue weighted by molar-refractivity contribution is 5.88. The number of ether oxygens (including phenoxy) is 1. The van der Waals surface area contributed by atoms with Crippen LogP contribution in [0.2, 0.25) is 0 Å². The van der Waals surface area contributed by atoms with Gasteiger partial charge in [0.1, 0.15) is 0 Å². The topological polar surface area (TPSA) is 72.3 Å². The number of carbonyl (C=O) groups is 1. The van der Waals surface area contributed by atoms with E-state index < -0.39 is 5.97 Å². The van der Waals surface area contributed by atoms with E-state index in [1.165, 1.54) is 6.20 Å². The van der Waals surface area contributed by atoms with Gasteiger partial charge in [-0.05, 0) is 29.8 Å². The molecule has 0 saturated carbocycles. The molecule has 5 heteroatoms. The molecule has 0 aliphatic carbocycles. The number of pyridine rings is 2. The minimum Gasteiger partial charge on any atom is -0.491 e. The molecule has 0 bridgehead atoms. The second-order valence-electron chi connectivity index (χ2n) is 3.61. The molecule has 0 fully saturated rings. The Labute approximate surface area is 104 Å². The summed E-state index contributed by atoms with van der Waals surface area (Å²) in [6.45, 7) is 0.399. The van der Waals surface area contributed by atoms with Gasteiger partial charge in [-0.25, -0.2) is 9.78 Å². The van der Waals surface area contributed by atoms with Crippen molar-refractivity contribution >= 4 is 5.97 Å². The molecule has 0 radical (unpaired) electrons. The Bertz CT molecular complexity index is 529. The number of hydrogen-bond acceptors (Lipinski definition) is 4. The van der Waals surface area contributed by atoms with Crippen molar-refractivity contribution in [2.45, 2.75) is 6.42 Å². The molecule has 2 rings (SSSR count). The van der Waals surface area contributed by atoms with Crippen LogP contribution >= 0.6 is 0 Å². The summed E-state index contributed by atoms with van der Waals surface area (Å²) in [5, 5.41) is 8.93. The summed E-state index contributed by atoms with van der Waals surface area (Å²) in [5.41, 5.74) is 1.03. The smallest absolute Gasteiger partial charge is 0.358 e. The van der Waals surface area contributed by atoms with Gasteiger partial charge in [-0.1, -0.05) is 0 Å². The first-order valence-corrected chi connectivity index (χ1v) is 5.47. The molecule has 18 heavy (non-hydrogen) atoms. The van der Waals surface area contributed by atoms with E-state index in [9.17, 15) is 4.79 Å². The van der Waals surface area contributed by atoms with Crippen LogP contribution in [0.4, 0.5) is 0 Å². The number of rotatable bonds is 5. The summed E-state index contributed by atoms with van der Waals surface area (Å²) in [7, 11) is 0. The van der Waals surface area contributed by atoms with Crippen LogP contribution in [-0.2, 0) is 6.42 Å². The number of carboxylic acid groups (broad SMARTS) is 1. The van der Waals surface area contributed by atoms with Gasteiger partial charge in [0.05, 0.1) is 6.61 Å². The van der Waals surface area contributed by atoms with E-state index in [2.05, 4.69) is 9.97 Å². The molecule has 0 unspecified atom stereocenters. The number of nitrogens with zero attached hydrogens (tertiary/aromatic N) is 2. The molecule has 0 spiro atoms. The summed E-state index contributed by atoms with van der Waals surface area (Å²) in [6.07, 6.45) is 5.54. The predicted octanol–water partition coefficient (Wildman–Crippen LogP) is 1.80. The van der Waals surface area contributed by atoms with Crippen LogP contribution in [0.25, 0.3) is 0 Å². The van der Waals surface area contributed by atoms with Gasteiger partial charge in [0, 0.05) is 25.0 Å². The van der Waals surface area contributed by atoms with Crippen LogP contribution in [0.5, 0.6) is 5.75 Å². The van der Waals surface area contributed by atoms with E-state index in [4.69, 9.17) is 9.84 Å². The first-order chi connectivity index (χ1) is 8.77. The molecule has 0 aromatic carbocycles. The Morgan fingerprint density at radius 1 is 1.22 bits per heavy atom. The van der Waals surface area contributed by atoms with Crippen LogP contribution in [0.3, 0.4) is 0 Å². The molecule has 2 aromatic rings. The van der Waals surface area contributed by atoms with Crippen molar-refractivity contribution in [3.8, 4) is 5.75 Å². The predicted molar refractivity (Wildman–Crippen MR) is 64.6 cm³/mol. The third-order valence-corrected chi connectivity index (χ3v) is 2.37. The maximum atomic E-state index is 10.9. The zero-order valence-electron chi connectivity index (χ0n) is 9.61. The number of aromatic nitrogens is 2. The summed E-state index contributed by atoms with van der Waals surface area (Å²) in [5.74, 6) is -0.798. The lowest BCUT2D eigenvalue weighted by atomic mass is 10.2. The summed E-state index contributed by atoms with van der Waals surface area (Å²) in [6, 6.07) is 7.03. The molecule has 0 aliphatic rings. The van der Waals surface area contributed by atoms with Crippen molar-refractivity contribution in [3.63, 3.8) is 0 Å². The lowest BCUT2D eigenvalue weighted by molar-refractivity contribution is 0.0685. The third kappa shape index (κ3) is 3.04. The second-order valence-corrected chi connectivity index (χ2v) is 3.61. The summed E-state index contributed by atoms with van der Waals surface area (Å²) in [4.78, 5) is 18.6. The van der Waals surface area contributed by atoms with Gasteiger partial charge in [0.2, 0.25) is 0 Å². The largest absolute Gasteiger partial charge is 0.491 e. The van der Waals surface area contributed by atoms with Gasteiger partial charge in [-0.2, -0.15) is 0 Å². The lowest BCUT2D eigenvalue weighted by Crippen LogP contribution is -2.07. The number of hydrogen-bond donors (Lipinski definition) is 1. The monoisotopic (exact) mass is 244 g/mol. The van der Waals surface area contributed by atoms with Gasteiger partial charge >= 0.3 is 5.97 Å². The fraction of sp³-hybridized carbons (Fsp3) is 0.154. The van der Waals surface area contributed by atoms with E-state index in [1.807, 2.05) is 12.1 Å². The van der Waals surface area contributed by atoms with Crippen molar-refractivity contribution in [2.75, 3.05) is 6.61 Å². The third-order valence-electron chi connectivity index (χ3n) is 2.37. The number of carboxylic acids is 1. The first-order valence-electron chi connectivity index (χ1n) is 5.47. The fourth-order valence-corrected chi connectivity index (χ4v) is 1.50. The highest BCUT2D eigenvalue weighted by Crippen LogP contribution is 2.15.